The van der Waals surface area contributed by atoms with Crippen LogP contribution in [0.3, 0.4) is 0 Å². The van der Waals surface area contributed by atoms with Crippen molar-refractivity contribution in [2.75, 3.05) is 5.32 Å². The van der Waals surface area contributed by atoms with Crippen molar-refractivity contribution in [2.45, 2.75) is 20.8 Å². The van der Waals surface area contributed by atoms with Crippen LogP contribution in [-0.4, -0.2) is 20.7 Å². The van der Waals surface area contributed by atoms with Crippen LogP contribution < -0.4 is 5.32 Å². The molecule has 0 aliphatic heterocycles. The van der Waals surface area contributed by atoms with Crippen LogP contribution in [0.4, 0.5) is 5.69 Å². The van der Waals surface area contributed by atoms with E-state index in [0.29, 0.717) is 5.69 Å². The number of carbonyl (C=O) groups is 1. The van der Waals surface area contributed by atoms with Gasteiger partial charge in [-0.1, -0.05) is 0 Å². The second kappa shape index (κ2) is 5.73. The zero-order valence-electron chi connectivity index (χ0n) is 12.6. The average molecular weight is 312 g/mol. The Morgan fingerprint density at radius 1 is 1.23 bits per heavy atom. The van der Waals surface area contributed by atoms with Gasteiger partial charge in [0.2, 0.25) is 0 Å². The Kier molecular flexibility index (Phi) is 3.77. The summed E-state index contributed by atoms with van der Waals surface area (Å²) >= 11 is 1.44. The Labute approximate surface area is 132 Å². The fraction of sp³-hybridized carbons (Fsp3) is 0.188. The predicted octanol–water partition coefficient (Wildman–Crippen LogP) is 3.51. The molecule has 1 amide bonds. The third kappa shape index (κ3) is 2.78. The van der Waals surface area contributed by atoms with Gasteiger partial charge in [0.1, 0.15) is 0 Å². The molecule has 0 bridgehead atoms. The lowest BCUT2D eigenvalue weighted by Gasteiger charge is -2.06. The fourth-order valence-corrected chi connectivity index (χ4v) is 3.06. The highest BCUT2D eigenvalue weighted by Crippen LogP contribution is 2.18. The van der Waals surface area contributed by atoms with E-state index in [1.807, 2.05) is 50.4 Å². The van der Waals surface area contributed by atoms with Gasteiger partial charge in [-0.15, -0.1) is 11.3 Å². The minimum atomic E-state index is -0.104. The molecule has 3 aromatic heterocycles. The van der Waals surface area contributed by atoms with Crippen LogP contribution in [-0.2, 0) is 0 Å². The zero-order chi connectivity index (χ0) is 15.7. The number of hydrogen-bond donors (Lipinski definition) is 1. The van der Waals surface area contributed by atoms with Crippen molar-refractivity contribution < 1.29 is 4.79 Å². The molecule has 0 aliphatic rings. The van der Waals surface area contributed by atoms with Gasteiger partial charge < -0.3 is 5.32 Å². The maximum absolute atomic E-state index is 12.2. The molecule has 112 valence electrons. The van der Waals surface area contributed by atoms with E-state index >= 15 is 0 Å². The van der Waals surface area contributed by atoms with Gasteiger partial charge in [0.15, 0.2) is 5.82 Å². The molecule has 0 unspecified atom stereocenters. The second-order valence-electron chi connectivity index (χ2n) is 5.13. The van der Waals surface area contributed by atoms with Gasteiger partial charge in [0, 0.05) is 5.69 Å². The van der Waals surface area contributed by atoms with Crippen LogP contribution in [0.2, 0.25) is 0 Å². The highest BCUT2D eigenvalue weighted by atomic mass is 32.1. The first-order chi connectivity index (χ1) is 10.5. The number of nitrogens with zero attached hydrogens (tertiary/aromatic N) is 3. The van der Waals surface area contributed by atoms with Gasteiger partial charge in [-0.3, -0.25) is 4.79 Å². The lowest BCUT2D eigenvalue weighted by molar-refractivity contribution is 0.103. The molecular formula is C16H16N4OS. The number of carbonyl (C=O) groups excluding carboxylic acids is 1. The number of aryl methyl sites for hydroxylation is 3. The molecule has 6 heteroatoms. The van der Waals surface area contributed by atoms with E-state index in [4.69, 9.17) is 0 Å². The van der Waals surface area contributed by atoms with Gasteiger partial charge in [0.25, 0.3) is 5.91 Å². The predicted molar refractivity (Wildman–Crippen MR) is 87.8 cm³/mol. The number of anilines is 1. The zero-order valence-corrected chi connectivity index (χ0v) is 13.4. The van der Waals surface area contributed by atoms with Gasteiger partial charge >= 0.3 is 0 Å². The van der Waals surface area contributed by atoms with Crippen molar-refractivity contribution in [3.8, 4) is 5.82 Å². The van der Waals surface area contributed by atoms with E-state index in [2.05, 4.69) is 15.4 Å². The summed E-state index contributed by atoms with van der Waals surface area (Å²) in [5, 5.41) is 9.17. The van der Waals surface area contributed by atoms with Gasteiger partial charge in [-0.2, -0.15) is 5.10 Å². The number of thiophene rings is 1. The van der Waals surface area contributed by atoms with E-state index < -0.39 is 0 Å². The van der Waals surface area contributed by atoms with E-state index in [0.717, 1.165) is 27.6 Å². The van der Waals surface area contributed by atoms with Crippen molar-refractivity contribution in [1.82, 2.24) is 14.8 Å². The molecule has 0 saturated carbocycles. The lowest BCUT2D eigenvalue weighted by Crippen LogP contribution is -2.12. The maximum atomic E-state index is 12.2. The first-order valence-electron chi connectivity index (χ1n) is 6.90. The molecule has 0 fully saturated rings. The first-order valence-corrected chi connectivity index (χ1v) is 7.77. The number of rotatable bonds is 3. The molecule has 22 heavy (non-hydrogen) atoms. The summed E-state index contributed by atoms with van der Waals surface area (Å²) in [7, 11) is 0. The standard InChI is InChI=1S/C16H16N4OS/c1-10-6-7-22-15(10)16(21)18-13-4-5-14(17-9-13)20-12(3)8-11(2)19-20/h4-9H,1-3H3,(H,18,21). The summed E-state index contributed by atoms with van der Waals surface area (Å²) in [4.78, 5) is 17.3. The largest absolute Gasteiger partial charge is 0.320 e. The van der Waals surface area contributed by atoms with Crippen LogP contribution in [0.25, 0.3) is 5.82 Å². The number of amides is 1. The Morgan fingerprint density at radius 3 is 2.59 bits per heavy atom. The minimum Gasteiger partial charge on any atom is -0.320 e. The smallest absolute Gasteiger partial charge is 0.266 e. The van der Waals surface area contributed by atoms with Gasteiger partial charge in [-0.25, -0.2) is 9.67 Å². The third-order valence-electron chi connectivity index (χ3n) is 3.30. The molecule has 0 radical (unpaired) electrons. The summed E-state index contributed by atoms with van der Waals surface area (Å²) in [6.45, 7) is 5.86. The SMILES string of the molecule is Cc1cc(C)n(-c2ccc(NC(=O)c3sccc3C)cn2)n1. The summed E-state index contributed by atoms with van der Waals surface area (Å²) in [5.74, 6) is 0.629. The van der Waals surface area contributed by atoms with E-state index in [1.165, 1.54) is 11.3 Å². The van der Waals surface area contributed by atoms with E-state index in [1.54, 1.807) is 10.9 Å². The molecule has 1 N–H and O–H groups in total. The first kappa shape index (κ1) is 14.5. The summed E-state index contributed by atoms with van der Waals surface area (Å²) in [6, 6.07) is 7.61. The molecule has 0 saturated heterocycles. The summed E-state index contributed by atoms with van der Waals surface area (Å²) < 4.78 is 1.78. The Bertz CT molecular complexity index is 817. The molecular weight excluding hydrogens is 296 g/mol. The molecule has 0 aliphatic carbocycles. The third-order valence-corrected chi connectivity index (χ3v) is 4.32. The van der Waals surface area contributed by atoms with Crippen LogP contribution in [0, 0.1) is 20.8 Å². The van der Waals surface area contributed by atoms with E-state index in [9.17, 15) is 4.79 Å². The van der Waals surface area contributed by atoms with E-state index in [-0.39, 0.29) is 5.91 Å². The normalized spacial score (nSPS) is 10.7. The molecule has 3 heterocycles. The Hall–Kier alpha value is -2.47. The minimum absolute atomic E-state index is 0.104. The summed E-state index contributed by atoms with van der Waals surface area (Å²) in [5.41, 5.74) is 3.62. The van der Waals surface area contributed by atoms with Crippen LogP contribution in [0.15, 0.2) is 35.8 Å². The monoisotopic (exact) mass is 312 g/mol. The van der Waals surface area contributed by atoms with Gasteiger partial charge in [-0.05, 0) is 56.0 Å². The van der Waals surface area contributed by atoms with Crippen molar-refractivity contribution >= 4 is 22.9 Å². The van der Waals surface area contributed by atoms with Crippen molar-refractivity contribution in [3.05, 3.63) is 57.7 Å². The molecule has 3 rings (SSSR count). The number of hydrogen-bond acceptors (Lipinski definition) is 4. The number of nitrogens with one attached hydrogen (secondary N) is 1. The molecule has 3 aromatic rings. The topological polar surface area (TPSA) is 59.8 Å². The Balaban J connectivity index is 1.79. The van der Waals surface area contributed by atoms with Crippen molar-refractivity contribution in [2.24, 2.45) is 0 Å². The second-order valence-corrected chi connectivity index (χ2v) is 6.05. The molecule has 0 aromatic carbocycles. The quantitative estimate of drug-likeness (QED) is 0.805. The number of pyridine rings is 1. The molecule has 5 nitrogen and oxygen atoms in total. The number of aromatic nitrogens is 3. The van der Waals surface area contributed by atoms with Crippen LogP contribution in [0.1, 0.15) is 26.6 Å². The van der Waals surface area contributed by atoms with Crippen LogP contribution >= 0.6 is 11.3 Å². The highest BCUT2D eigenvalue weighted by molar-refractivity contribution is 7.12. The van der Waals surface area contributed by atoms with Gasteiger partial charge in [0.05, 0.1) is 22.5 Å². The summed E-state index contributed by atoms with van der Waals surface area (Å²) in [6.07, 6.45) is 1.65. The highest BCUT2D eigenvalue weighted by Gasteiger charge is 2.11. The van der Waals surface area contributed by atoms with Crippen molar-refractivity contribution in [1.29, 1.82) is 0 Å². The van der Waals surface area contributed by atoms with Crippen LogP contribution in [0.5, 0.6) is 0 Å². The Morgan fingerprint density at radius 2 is 2.05 bits per heavy atom. The fourth-order valence-electron chi connectivity index (χ4n) is 2.24. The van der Waals surface area contributed by atoms with Crippen molar-refractivity contribution in [3.63, 3.8) is 0 Å². The maximum Gasteiger partial charge on any atom is 0.266 e. The molecule has 0 spiro atoms. The average Bonchev–Trinajstić information content (AvgIpc) is 3.05. The lowest BCUT2D eigenvalue weighted by atomic mass is 10.3. The molecule has 0 atom stereocenters.